The van der Waals surface area contributed by atoms with Crippen LogP contribution in [0.3, 0.4) is 0 Å². The van der Waals surface area contributed by atoms with Gasteiger partial charge in [-0.15, -0.1) is 0 Å². The van der Waals surface area contributed by atoms with Crippen molar-refractivity contribution in [3.8, 4) is 0 Å². The largest absolute Gasteiger partial charge is 0.373 e. The second-order valence-corrected chi connectivity index (χ2v) is 8.47. The molecule has 0 aromatic carbocycles. The summed E-state index contributed by atoms with van der Waals surface area (Å²) in [5.74, 6) is 0.357. The normalized spacial score (nSPS) is 22.7. The number of carbonyl (C=O) groups excluding carboxylic acids is 2. The Morgan fingerprint density at radius 1 is 0.923 bits per heavy atom. The number of carbonyl (C=O) groups is 2. The first-order chi connectivity index (χ1) is 12.4. The molecule has 5 heteroatoms. The van der Waals surface area contributed by atoms with E-state index in [2.05, 4.69) is 12.2 Å². The molecular weight excluding hydrogens is 328 g/mol. The van der Waals surface area contributed by atoms with Crippen molar-refractivity contribution in [3.05, 3.63) is 0 Å². The van der Waals surface area contributed by atoms with E-state index in [1.807, 2.05) is 25.7 Å². The molecular formula is C21H38N2O3. The summed E-state index contributed by atoms with van der Waals surface area (Å²) in [6, 6.07) is -0.589. The van der Waals surface area contributed by atoms with Crippen LogP contribution in [0, 0.1) is 11.8 Å². The molecule has 2 rings (SSSR count). The van der Waals surface area contributed by atoms with Gasteiger partial charge in [0.05, 0.1) is 12.2 Å². The Hall–Kier alpha value is -1.10. The van der Waals surface area contributed by atoms with Crippen LogP contribution in [-0.2, 0) is 14.3 Å². The number of likely N-dealkylation sites (tertiary alicyclic amines) is 1. The van der Waals surface area contributed by atoms with Crippen molar-refractivity contribution in [3.63, 3.8) is 0 Å². The average Bonchev–Trinajstić information content (AvgIpc) is 2.66. The first-order valence-electron chi connectivity index (χ1n) is 10.6. The van der Waals surface area contributed by atoms with Crippen LogP contribution >= 0.6 is 0 Å². The summed E-state index contributed by atoms with van der Waals surface area (Å²) in [5, 5.41) is 2.97. The summed E-state index contributed by atoms with van der Waals surface area (Å²) in [6.07, 6.45) is 9.35. The molecule has 1 heterocycles. The number of nitrogens with zero attached hydrogens (tertiary/aromatic N) is 1. The second-order valence-electron chi connectivity index (χ2n) is 8.47. The number of amides is 2. The molecule has 2 fully saturated rings. The van der Waals surface area contributed by atoms with E-state index < -0.39 is 6.04 Å². The number of nitrogens with one attached hydrogen (secondary N) is 1. The molecule has 5 nitrogen and oxygen atoms in total. The van der Waals surface area contributed by atoms with E-state index in [1.54, 1.807) is 0 Å². The van der Waals surface area contributed by atoms with Gasteiger partial charge in [0, 0.05) is 19.0 Å². The lowest BCUT2D eigenvalue weighted by atomic mass is 9.86. The summed E-state index contributed by atoms with van der Waals surface area (Å²) in [4.78, 5) is 27.3. The maximum absolute atomic E-state index is 13.1. The Morgan fingerprint density at radius 2 is 1.50 bits per heavy atom. The van der Waals surface area contributed by atoms with Gasteiger partial charge >= 0.3 is 0 Å². The van der Waals surface area contributed by atoms with Crippen LogP contribution in [0.2, 0.25) is 0 Å². The highest BCUT2D eigenvalue weighted by atomic mass is 16.5. The van der Waals surface area contributed by atoms with E-state index in [0.717, 1.165) is 25.9 Å². The molecule has 3 atom stereocenters. The Morgan fingerprint density at radius 3 is 2.08 bits per heavy atom. The van der Waals surface area contributed by atoms with Crippen LogP contribution in [0.4, 0.5) is 0 Å². The monoisotopic (exact) mass is 366 g/mol. The highest BCUT2D eigenvalue weighted by Crippen LogP contribution is 2.28. The Kier molecular flexibility index (Phi) is 8.39. The predicted octanol–water partition coefficient (Wildman–Crippen LogP) is 3.51. The van der Waals surface area contributed by atoms with Crippen LogP contribution in [0.5, 0.6) is 0 Å². The number of hydrogen-bond acceptors (Lipinski definition) is 3. The summed E-state index contributed by atoms with van der Waals surface area (Å²) < 4.78 is 6.28. The van der Waals surface area contributed by atoms with Crippen LogP contribution in [0.1, 0.15) is 79.1 Å². The van der Waals surface area contributed by atoms with E-state index >= 15 is 0 Å². The molecule has 1 saturated heterocycles. The third-order valence-electron chi connectivity index (χ3n) is 5.97. The van der Waals surface area contributed by atoms with Crippen molar-refractivity contribution in [2.75, 3.05) is 13.1 Å². The summed E-state index contributed by atoms with van der Waals surface area (Å²) in [5.41, 5.74) is 0. The van der Waals surface area contributed by atoms with E-state index in [0.29, 0.717) is 5.92 Å². The van der Waals surface area contributed by atoms with Crippen molar-refractivity contribution in [2.24, 2.45) is 11.8 Å². The predicted molar refractivity (Wildman–Crippen MR) is 104 cm³/mol. The zero-order valence-corrected chi connectivity index (χ0v) is 17.1. The number of piperidine rings is 1. The average molecular weight is 367 g/mol. The van der Waals surface area contributed by atoms with Gasteiger partial charge in [0.25, 0.3) is 0 Å². The fraction of sp³-hybridized carbons (Fsp3) is 0.905. The van der Waals surface area contributed by atoms with Gasteiger partial charge in [-0.3, -0.25) is 9.59 Å². The molecule has 0 aromatic rings. The zero-order valence-electron chi connectivity index (χ0n) is 17.1. The smallest absolute Gasteiger partial charge is 0.247 e. The zero-order chi connectivity index (χ0) is 19.1. The molecule has 0 spiro atoms. The van der Waals surface area contributed by atoms with E-state index in [1.165, 1.54) is 38.5 Å². The quantitative estimate of drug-likeness (QED) is 0.750. The molecule has 3 unspecified atom stereocenters. The molecule has 2 amide bonds. The fourth-order valence-electron chi connectivity index (χ4n) is 4.14. The van der Waals surface area contributed by atoms with E-state index in [-0.39, 0.29) is 29.9 Å². The number of rotatable bonds is 7. The lowest BCUT2D eigenvalue weighted by Gasteiger charge is -2.36. The Balaban J connectivity index is 2.02. The molecule has 1 N–H and O–H groups in total. The first kappa shape index (κ1) is 21.2. The van der Waals surface area contributed by atoms with Gasteiger partial charge in [0.2, 0.25) is 11.8 Å². The highest BCUT2D eigenvalue weighted by molar-refractivity contribution is 5.88. The van der Waals surface area contributed by atoms with E-state index in [4.69, 9.17) is 4.74 Å². The van der Waals surface area contributed by atoms with Crippen molar-refractivity contribution >= 4 is 11.8 Å². The third-order valence-corrected chi connectivity index (χ3v) is 5.97. The molecule has 0 radical (unpaired) electrons. The van der Waals surface area contributed by atoms with Crippen LogP contribution in [0.25, 0.3) is 0 Å². The topological polar surface area (TPSA) is 58.6 Å². The van der Waals surface area contributed by atoms with Gasteiger partial charge in [-0.05, 0) is 51.9 Å². The van der Waals surface area contributed by atoms with Crippen molar-refractivity contribution < 1.29 is 14.3 Å². The second kappa shape index (κ2) is 10.3. The molecule has 2 aliphatic rings. The summed E-state index contributed by atoms with van der Waals surface area (Å²) in [7, 11) is 0. The summed E-state index contributed by atoms with van der Waals surface area (Å²) >= 11 is 0. The maximum atomic E-state index is 13.1. The fourth-order valence-corrected chi connectivity index (χ4v) is 4.14. The maximum Gasteiger partial charge on any atom is 0.247 e. The van der Waals surface area contributed by atoms with Crippen LogP contribution < -0.4 is 5.32 Å². The van der Waals surface area contributed by atoms with Gasteiger partial charge in [-0.2, -0.15) is 0 Å². The molecule has 150 valence electrons. The van der Waals surface area contributed by atoms with Gasteiger partial charge < -0.3 is 15.0 Å². The number of ether oxygens (including phenoxy) is 1. The Bertz CT molecular complexity index is 454. The minimum absolute atomic E-state index is 0.0158. The van der Waals surface area contributed by atoms with E-state index in [9.17, 15) is 9.59 Å². The van der Waals surface area contributed by atoms with Gasteiger partial charge in [0.1, 0.15) is 6.04 Å². The molecule has 0 bridgehead atoms. The van der Waals surface area contributed by atoms with Crippen LogP contribution in [0.15, 0.2) is 0 Å². The lowest BCUT2D eigenvalue weighted by molar-refractivity contribution is -0.144. The Labute approximate surface area is 159 Å². The van der Waals surface area contributed by atoms with Crippen molar-refractivity contribution in [2.45, 2.75) is 97.3 Å². The third kappa shape index (κ3) is 5.97. The number of hydrogen-bond donors (Lipinski definition) is 1. The van der Waals surface area contributed by atoms with Gasteiger partial charge in [-0.25, -0.2) is 0 Å². The standard InChI is InChI=1S/C21H38N2O3/c1-15(2)20(24)22-19(21(25)23-13-9-6-10-14-23)17(4)26-16(3)18-11-7-5-8-12-18/h15-19H,5-14H2,1-4H3,(H,22,24). The molecule has 1 saturated carbocycles. The van der Waals surface area contributed by atoms with Crippen molar-refractivity contribution in [1.29, 1.82) is 0 Å². The van der Waals surface area contributed by atoms with Crippen molar-refractivity contribution in [1.82, 2.24) is 10.2 Å². The van der Waals surface area contributed by atoms with Gasteiger partial charge in [0.15, 0.2) is 0 Å². The minimum Gasteiger partial charge on any atom is -0.373 e. The van der Waals surface area contributed by atoms with Gasteiger partial charge in [-0.1, -0.05) is 33.1 Å². The van der Waals surface area contributed by atoms with Crippen LogP contribution in [-0.4, -0.2) is 48.1 Å². The summed E-state index contributed by atoms with van der Waals surface area (Å²) in [6.45, 7) is 9.35. The highest BCUT2D eigenvalue weighted by Gasteiger charge is 2.34. The molecule has 0 aromatic heterocycles. The molecule has 1 aliphatic heterocycles. The molecule has 26 heavy (non-hydrogen) atoms. The molecule has 1 aliphatic carbocycles. The minimum atomic E-state index is -0.589. The SMILES string of the molecule is CC(C)C(=O)NC(C(=O)N1CCCCC1)C(C)OC(C)C1CCCCC1. The first-order valence-corrected chi connectivity index (χ1v) is 10.6. The lowest BCUT2D eigenvalue weighted by Crippen LogP contribution is -2.56.